The third-order valence-electron chi connectivity index (χ3n) is 5.43. The van der Waals surface area contributed by atoms with Crippen molar-refractivity contribution in [2.24, 2.45) is 4.99 Å². The maximum atomic E-state index is 12.4. The van der Waals surface area contributed by atoms with Crippen LogP contribution in [0.15, 0.2) is 41.4 Å². The normalized spacial score (nSPS) is 17.8. The average molecular weight is 486 g/mol. The van der Waals surface area contributed by atoms with E-state index in [-0.39, 0.29) is 18.6 Å². The Balaban J connectivity index is 1.49. The van der Waals surface area contributed by atoms with E-state index in [1.54, 1.807) is 0 Å². The van der Waals surface area contributed by atoms with Gasteiger partial charge in [-0.2, -0.15) is 0 Å². The Bertz CT molecular complexity index is 1090. The van der Waals surface area contributed by atoms with E-state index < -0.39 is 11.8 Å². The first kappa shape index (κ1) is 24.4. The monoisotopic (exact) mass is 485 g/mol. The lowest BCUT2D eigenvalue weighted by Gasteiger charge is -2.32. The highest BCUT2D eigenvalue weighted by Gasteiger charge is 2.26. The van der Waals surface area contributed by atoms with E-state index in [0.29, 0.717) is 16.6 Å². The van der Waals surface area contributed by atoms with E-state index in [4.69, 9.17) is 30.9 Å². The molecule has 0 fully saturated rings. The standard InChI is InChI=1S/C26H32ClN3O4/c1-16(2)32-22-11-9-18(14-20(22)27)24-28-25(34-29-24)19-8-10-21-17(13-19)7-6-12-30(21)15-23(31)33-26(3,4)5/h8-11,13-14,16,25H,6-7,12,15H2,1-5H3,(H,28,29). The number of carbonyl (C=O) groups is 1. The lowest BCUT2D eigenvalue weighted by atomic mass is 9.98. The number of ether oxygens (including phenoxy) is 2. The first-order valence-corrected chi connectivity index (χ1v) is 12.0. The summed E-state index contributed by atoms with van der Waals surface area (Å²) in [7, 11) is 0. The summed E-state index contributed by atoms with van der Waals surface area (Å²) in [5.74, 6) is 1.04. The van der Waals surface area contributed by atoms with Crippen molar-refractivity contribution in [2.75, 3.05) is 18.0 Å². The minimum atomic E-state index is -0.492. The summed E-state index contributed by atoms with van der Waals surface area (Å²) in [6.45, 7) is 10.6. The number of hydroxylamine groups is 1. The number of rotatable bonds is 6. The zero-order valence-electron chi connectivity index (χ0n) is 20.4. The third kappa shape index (κ3) is 5.83. The van der Waals surface area contributed by atoms with Gasteiger partial charge in [0, 0.05) is 23.4 Å². The quantitative estimate of drug-likeness (QED) is 0.567. The highest BCUT2D eigenvalue weighted by Crippen LogP contribution is 2.33. The molecule has 7 nitrogen and oxygen atoms in total. The van der Waals surface area contributed by atoms with Crippen LogP contribution in [-0.4, -0.2) is 36.6 Å². The number of carbonyl (C=O) groups excluding carboxylic acids is 1. The van der Waals surface area contributed by atoms with Crippen molar-refractivity contribution < 1.29 is 19.1 Å². The Morgan fingerprint density at radius 1 is 1.26 bits per heavy atom. The van der Waals surface area contributed by atoms with Crippen LogP contribution in [-0.2, 0) is 20.8 Å². The number of aliphatic imine (C=N–C) groups is 1. The van der Waals surface area contributed by atoms with Crippen LogP contribution in [0.2, 0.25) is 5.02 Å². The molecule has 2 heterocycles. The molecule has 0 saturated carbocycles. The minimum Gasteiger partial charge on any atom is -0.489 e. The third-order valence-corrected chi connectivity index (χ3v) is 5.72. The molecule has 0 aliphatic carbocycles. The summed E-state index contributed by atoms with van der Waals surface area (Å²) < 4.78 is 11.2. The number of nitrogens with one attached hydrogen (secondary N) is 1. The van der Waals surface area contributed by atoms with E-state index in [0.717, 1.165) is 36.2 Å². The van der Waals surface area contributed by atoms with Crippen LogP contribution >= 0.6 is 11.6 Å². The number of esters is 1. The Kier molecular flexibility index (Phi) is 7.05. The molecule has 182 valence electrons. The molecule has 0 spiro atoms. The molecule has 0 bridgehead atoms. The van der Waals surface area contributed by atoms with E-state index >= 15 is 0 Å². The van der Waals surface area contributed by atoms with Gasteiger partial charge in [-0.05, 0) is 83.4 Å². The second kappa shape index (κ2) is 9.84. The number of hydrogen-bond acceptors (Lipinski definition) is 7. The van der Waals surface area contributed by atoms with Gasteiger partial charge in [0.1, 0.15) is 17.9 Å². The van der Waals surface area contributed by atoms with Gasteiger partial charge in [0.25, 0.3) is 0 Å². The van der Waals surface area contributed by atoms with Crippen molar-refractivity contribution >= 4 is 29.1 Å². The van der Waals surface area contributed by atoms with Gasteiger partial charge in [-0.15, -0.1) is 0 Å². The average Bonchev–Trinajstić information content (AvgIpc) is 3.24. The highest BCUT2D eigenvalue weighted by atomic mass is 35.5. The molecule has 34 heavy (non-hydrogen) atoms. The van der Waals surface area contributed by atoms with Crippen LogP contribution in [0.4, 0.5) is 5.69 Å². The van der Waals surface area contributed by atoms with Crippen molar-refractivity contribution in [1.82, 2.24) is 5.48 Å². The van der Waals surface area contributed by atoms with E-state index in [9.17, 15) is 4.79 Å². The van der Waals surface area contributed by atoms with Gasteiger partial charge in [-0.25, -0.2) is 15.3 Å². The number of fused-ring (bicyclic) bond motifs is 1. The Hall–Kier alpha value is -2.77. The number of amidine groups is 1. The fourth-order valence-corrected chi connectivity index (χ4v) is 4.32. The maximum Gasteiger partial charge on any atom is 0.326 e. The molecule has 1 unspecified atom stereocenters. The molecule has 2 aromatic carbocycles. The van der Waals surface area contributed by atoms with Crippen molar-refractivity contribution in [3.63, 3.8) is 0 Å². The van der Waals surface area contributed by atoms with Gasteiger partial charge in [0.05, 0.1) is 11.1 Å². The maximum absolute atomic E-state index is 12.4. The van der Waals surface area contributed by atoms with Gasteiger partial charge in [-0.1, -0.05) is 17.7 Å². The number of hydrogen-bond donors (Lipinski definition) is 1. The molecule has 4 rings (SSSR count). The summed E-state index contributed by atoms with van der Waals surface area (Å²) in [5.41, 5.74) is 6.44. The zero-order chi connectivity index (χ0) is 24.5. The lowest BCUT2D eigenvalue weighted by molar-refractivity contribution is -0.153. The second-order valence-corrected chi connectivity index (χ2v) is 10.3. The summed E-state index contributed by atoms with van der Waals surface area (Å²) in [6, 6.07) is 11.7. The van der Waals surface area contributed by atoms with Crippen molar-refractivity contribution in [2.45, 2.75) is 65.4 Å². The molecule has 0 radical (unpaired) electrons. The van der Waals surface area contributed by atoms with Crippen molar-refractivity contribution in [3.05, 3.63) is 58.1 Å². The smallest absolute Gasteiger partial charge is 0.326 e. The molecule has 1 atom stereocenters. The first-order valence-electron chi connectivity index (χ1n) is 11.6. The topological polar surface area (TPSA) is 72.4 Å². The fourth-order valence-electron chi connectivity index (χ4n) is 4.10. The molecule has 8 heteroatoms. The Labute approximate surface area is 206 Å². The molecule has 0 aromatic heterocycles. The molecule has 0 saturated heterocycles. The zero-order valence-corrected chi connectivity index (χ0v) is 21.1. The summed E-state index contributed by atoms with van der Waals surface area (Å²) >= 11 is 6.38. The van der Waals surface area contributed by atoms with Crippen LogP contribution in [0.3, 0.4) is 0 Å². The van der Waals surface area contributed by atoms with Gasteiger partial charge in [0.2, 0.25) is 6.23 Å². The molecule has 2 aromatic rings. The fraction of sp³-hybridized carbons (Fsp3) is 0.462. The summed E-state index contributed by atoms with van der Waals surface area (Å²) in [4.78, 5) is 24.9. The van der Waals surface area contributed by atoms with E-state index in [1.807, 2.05) is 65.0 Å². The molecule has 2 aliphatic rings. The Morgan fingerprint density at radius 2 is 2.06 bits per heavy atom. The first-order chi connectivity index (χ1) is 16.1. The molecule has 0 amide bonds. The van der Waals surface area contributed by atoms with Gasteiger partial charge in [-0.3, -0.25) is 4.79 Å². The van der Waals surface area contributed by atoms with Crippen LogP contribution in [0.1, 0.15) is 64.0 Å². The number of benzene rings is 2. The number of nitrogens with zero attached hydrogens (tertiary/aromatic N) is 2. The SMILES string of the molecule is CC(C)Oc1ccc(C2=NC(c3ccc4c(c3)CCCN4CC(=O)OC(C)(C)C)ON2)cc1Cl. The largest absolute Gasteiger partial charge is 0.489 e. The minimum absolute atomic E-state index is 0.0436. The highest BCUT2D eigenvalue weighted by molar-refractivity contribution is 6.32. The Morgan fingerprint density at radius 3 is 2.76 bits per heavy atom. The van der Waals surface area contributed by atoms with E-state index in [1.165, 1.54) is 5.56 Å². The van der Waals surface area contributed by atoms with Crippen LogP contribution < -0.4 is 15.1 Å². The van der Waals surface area contributed by atoms with Gasteiger partial charge in [0.15, 0.2) is 5.84 Å². The summed E-state index contributed by atoms with van der Waals surface area (Å²) in [6.07, 6.45) is 1.49. The van der Waals surface area contributed by atoms with Crippen LogP contribution in [0.5, 0.6) is 5.75 Å². The second-order valence-electron chi connectivity index (χ2n) is 9.86. The molecule has 1 N–H and O–H groups in total. The van der Waals surface area contributed by atoms with Crippen LogP contribution in [0, 0.1) is 0 Å². The molecule has 2 aliphatic heterocycles. The summed E-state index contributed by atoms with van der Waals surface area (Å²) in [5, 5.41) is 0.526. The predicted octanol–water partition coefficient (Wildman–Crippen LogP) is 5.20. The predicted molar refractivity (Wildman–Crippen MR) is 134 cm³/mol. The van der Waals surface area contributed by atoms with Gasteiger partial charge >= 0.3 is 5.97 Å². The number of halogens is 1. The van der Waals surface area contributed by atoms with Crippen LogP contribution in [0.25, 0.3) is 0 Å². The number of aryl methyl sites for hydroxylation is 1. The van der Waals surface area contributed by atoms with Gasteiger partial charge < -0.3 is 14.4 Å². The lowest BCUT2D eigenvalue weighted by Crippen LogP contribution is -2.37. The van der Waals surface area contributed by atoms with E-state index in [2.05, 4.69) is 16.4 Å². The van der Waals surface area contributed by atoms with Crippen molar-refractivity contribution in [3.8, 4) is 5.75 Å². The number of anilines is 1. The van der Waals surface area contributed by atoms with Crippen molar-refractivity contribution in [1.29, 1.82) is 0 Å². The molecular weight excluding hydrogens is 454 g/mol. The molecular formula is C26H32ClN3O4.